The molecule has 1 saturated heterocycles. The molecule has 1 unspecified atom stereocenters. The molecule has 1 aromatic carbocycles. The Morgan fingerprint density at radius 1 is 1.16 bits per heavy atom. The molecule has 0 spiro atoms. The van der Waals surface area contributed by atoms with Crippen molar-refractivity contribution in [3.8, 4) is 0 Å². The van der Waals surface area contributed by atoms with E-state index in [0.717, 1.165) is 24.9 Å². The van der Waals surface area contributed by atoms with Gasteiger partial charge in [0.15, 0.2) is 0 Å². The van der Waals surface area contributed by atoms with Gasteiger partial charge in [-0.25, -0.2) is 0 Å². The van der Waals surface area contributed by atoms with Crippen LogP contribution in [0.5, 0.6) is 0 Å². The van der Waals surface area contributed by atoms with Gasteiger partial charge in [0, 0.05) is 19.1 Å². The summed E-state index contributed by atoms with van der Waals surface area (Å²) in [5.41, 5.74) is 2.96. The fourth-order valence-electron chi connectivity index (χ4n) is 3.29. The predicted molar refractivity (Wildman–Crippen MR) is 80.2 cm³/mol. The van der Waals surface area contributed by atoms with Crippen LogP contribution < -0.4 is 5.32 Å². The van der Waals surface area contributed by atoms with E-state index in [4.69, 9.17) is 0 Å². The Balaban J connectivity index is 1.43. The Kier molecular flexibility index (Phi) is 4.19. The summed E-state index contributed by atoms with van der Waals surface area (Å²) in [5.74, 6) is 0.870. The predicted octanol–water partition coefficient (Wildman–Crippen LogP) is 2.82. The van der Waals surface area contributed by atoms with Crippen molar-refractivity contribution in [3.63, 3.8) is 0 Å². The van der Waals surface area contributed by atoms with Crippen molar-refractivity contribution in [2.75, 3.05) is 19.6 Å². The smallest absolute Gasteiger partial charge is 0.0208 e. The zero-order valence-corrected chi connectivity index (χ0v) is 12.1. The Hall–Kier alpha value is -0.860. The number of hydrogen-bond donors (Lipinski definition) is 1. The first-order chi connectivity index (χ1) is 9.36. The molecule has 2 aliphatic rings. The molecular weight excluding hydrogens is 232 g/mol. The van der Waals surface area contributed by atoms with Crippen molar-refractivity contribution in [2.24, 2.45) is 5.92 Å². The second kappa shape index (κ2) is 6.06. The molecule has 1 heterocycles. The quantitative estimate of drug-likeness (QED) is 0.844. The van der Waals surface area contributed by atoms with Crippen LogP contribution in [0.15, 0.2) is 24.3 Å². The van der Waals surface area contributed by atoms with Crippen LogP contribution in [0.3, 0.4) is 0 Å². The van der Waals surface area contributed by atoms with Crippen LogP contribution in [0.4, 0.5) is 0 Å². The van der Waals surface area contributed by atoms with E-state index in [-0.39, 0.29) is 0 Å². The van der Waals surface area contributed by atoms with E-state index in [1.807, 2.05) is 0 Å². The molecule has 19 heavy (non-hydrogen) atoms. The molecular formula is C17H26N2. The third-order valence-electron chi connectivity index (χ3n) is 4.63. The van der Waals surface area contributed by atoms with Gasteiger partial charge in [0.2, 0.25) is 0 Å². The Bertz CT molecular complexity index is 411. The summed E-state index contributed by atoms with van der Waals surface area (Å²) in [6.07, 6.45) is 5.42. The minimum Gasteiger partial charge on any atom is -0.312 e. The lowest BCUT2D eigenvalue weighted by atomic mass is 10.0. The van der Waals surface area contributed by atoms with Crippen LogP contribution in [0, 0.1) is 5.92 Å². The molecule has 1 aliphatic heterocycles. The minimum absolute atomic E-state index is 0.870. The average molecular weight is 258 g/mol. The van der Waals surface area contributed by atoms with Crippen LogP contribution in [-0.2, 0) is 13.0 Å². The van der Waals surface area contributed by atoms with Crippen molar-refractivity contribution in [1.82, 2.24) is 10.2 Å². The molecule has 1 aromatic rings. The molecule has 0 aromatic heterocycles. The van der Waals surface area contributed by atoms with Gasteiger partial charge in [-0.2, -0.15) is 0 Å². The van der Waals surface area contributed by atoms with E-state index in [1.165, 1.54) is 50.0 Å². The fourth-order valence-corrected chi connectivity index (χ4v) is 3.29. The SMILES string of the molecule is CCc1ccccc1CNCC1CCN(C2CC2)C1. The van der Waals surface area contributed by atoms with E-state index in [0.29, 0.717) is 0 Å². The van der Waals surface area contributed by atoms with Crippen molar-refractivity contribution in [1.29, 1.82) is 0 Å². The van der Waals surface area contributed by atoms with Crippen molar-refractivity contribution in [3.05, 3.63) is 35.4 Å². The number of aryl methyl sites for hydroxylation is 1. The standard InChI is InChI=1S/C17H26N2/c1-2-15-5-3-4-6-16(15)12-18-11-14-9-10-19(13-14)17-7-8-17/h3-6,14,17-18H,2,7-13H2,1H3. The highest BCUT2D eigenvalue weighted by Gasteiger charge is 2.33. The zero-order chi connectivity index (χ0) is 13.1. The lowest BCUT2D eigenvalue weighted by molar-refractivity contribution is 0.312. The van der Waals surface area contributed by atoms with Crippen molar-refractivity contribution < 1.29 is 0 Å². The highest BCUT2D eigenvalue weighted by atomic mass is 15.2. The number of rotatable bonds is 6. The number of hydrogen-bond acceptors (Lipinski definition) is 2. The Labute approximate surface area is 117 Å². The number of nitrogens with zero attached hydrogens (tertiary/aromatic N) is 1. The molecule has 0 radical (unpaired) electrons. The van der Waals surface area contributed by atoms with Gasteiger partial charge in [-0.15, -0.1) is 0 Å². The fraction of sp³-hybridized carbons (Fsp3) is 0.647. The van der Waals surface area contributed by atoms with E-state index in [2.05, 4.69) is 41.4 Å². The van der Waals surface area contributed by atoms with Crippen LogP contribution >= 0.6 is 0 Å². The summed E-state index contributed by atoms with van der Waals surface area (Å²) in [6.45, 7) is 7.12. The van der Waals surface area contributed by atoms with E-state index >= 15 is 0 Å². The van der Waals surface area contributed by atoms with Gasteiger partial charge in [0.1, 0.15) is 0 Å². The summed E-state index contributed by atoms with van der Waals surface area (Å²) in [4.78, 5) is 2.70. The maximum Gasteiger partial charge on any atom is 0.0208 e. The molecule has 2 nitrogen and oxygen atoms in total. The Morgan fingerprint density at radius 3 is 2.68 bits per heavy atom. The lowest BCUT2D eigenvalue weighted by Crippen LogP contribution is -2.27. The van der Waals surface area contributed by atoms with Gasteiger partial charge in [-0.1, -0.05) is 31.2 Å². The number of likely N-dealkylation sites (tertiary alicyclic amines) is 1. The third kappa shape index (κ3) is 3.37. The van der Waals surface area contributed by atoms with Gasteiger partial charge in [0.05, 0.1) is 0 Å². The van der Waals surface area contributed by atoms with Crippen molar-refractivity contribution >= 4 is 0 Å². The van der Waals surface area contributed by atoms with Gasteiger partial charge in [0.25, 0.3) is 0 Å². The van der Waals surface area contributed by atoms with Gasteiger partial charge >= 0.3 is 0 Å². The van der Waals surface area contributed by atoms with Crippen LogP contribution in [0.2, 0.25) is 0 Å². The zero-order valence-electron chi connectivity index (χ0n) is 12.1. The second-order valence-corrected chi connectivity index (χ2v) is 6.13. The van der Waals surface area contributed by atoms with Gasteiger partial charge < -0.3 is 10.2 Å². The first kappa shape index (κ1) is 13.1. The maximum absolute atomic E-state index is 3.67. The first-order valence-electron chi connectivity index (χ1n) is 7.88. The number of nitrogens with one attached hydrogen (secondary N) is 1. The van der Waals surface area contributed by atoms with Crippen LogP contribution in [0.1, 0.15) is 37.3 Å². The molecule has 2 fully saturated rings. The highest BCUT2D eigenvalue weighted by Crippen LogP contribution is 2.31. The summed E-state index contributed by atoms with van der Waals surface area (Å²) >= 11 is 0. The summed E-state index contributed by atoms with van der Waals surface area (Å²) < 4.78 is 0. The molecule has 3 rings (SSSR count). The van der Waals surface area contributed by atoms with Gasteiger partial charge in [-0.05, 0) is 55.8 Å². The van der Waals surface area contributed by atoms with E-state index in [1.54, 1.807) is 0 Å². The summed E-state index contributed by atoms with van der Waals surface area (Å²) in [5, 5.41) is 3.67. The summed E-state index contributed by atoms with van der Waals surface area (Å²) in [6, 6.07) is 9.76. The average Bonchev–Trinajstić information content (AvgIpc) is 3.19. The largest absolute Gasteiger partial charge is 0.312 e. The molecule has 1 N–H and O–H groups in total. The molecule has 0 amide bonds. The highest BCUT2D eigenvalue weighted by molar-refractivity contribution is 5.26. The second-order valence-electron chi connectivity index (χ2n) is 6.13. The summed E-state index contributed by atoms with van der Waals surface area (Å²) in [7, 11) is 0. The maximum atomic E-state index is 3.67. The molecule has 104 valence electrons. The van der Waals surface area contributed by atoms with Gasteiger partial charge in [-0.3, -0.25) is 0 Å². The normalized spacial score (nSPS) is 23.9. The molecule has 1 saturated carbocycles. The Morgan fingerprint density at radius 2 is 1.95 bits per heavy atom. The number of benzene rings is 1. The molecule has 1 aliphatic carbocycles. The topological polar surface area (TPSA) is 15.3 Å². The molecule has 1 atom stereocenters. The van der Waals surface area contributed by atoms with E-state index in [9.17, 15) is 0 Å². The minimum atomic E-state index is 0.870. The van der Waals surface area contributed by atoms with Crippen molar-refractivity contribution in [2.45, 2.75) is 45.2 Å². The lowest BCUT2D eigenvalue weighted by Gasteiger charge is -2.15. The molecule has 0 bridgehead atoms. The first-order valence-corrected chi connectivity index (χ1v) is 7.88. The van der Waals surface area contributed by atoms with Crippen LogP contribution in [0.25, 0.3) is 0 Å². The third-order valence-corrected chi connectivity index (χ3v) is 4.63. The molecule has 2 heteroatoms. The monoisotopic (exact) mass is 258 g/mol. The van der Waals surface area contributed by atoms with Crippen LogP contribution in [-0.4, -0.2) is 30.6 Å². The van der Waals surface area contributed by atoms with E-state index < -0.39 is 0 Å².